The predicted octanol–water partition coefficient (Wildman–Crippen LogP) is 2.78. The molecule has 2 aromatic carbocycles. The molecule has 1 aromatic heterocycles. The van der Waals surface area contributed by atoms with Crippen LogP contribution in [0.15, 0.2) is 47.4 Å². The zero-order valence-electron chi connectivity index (χ0n) is 19.1. The van der Waals surface area contributed by atoms with Crippen LogP contribution in [-0.4, -0.2) is 52.7 Å². The van der Waals surface area contributed by atoms with Gasteiger partial charge < -0.3 is 9.88 Å². The second-order valence-electron chi connectivity index (χ2n) is 8.48. The first-order valence-corrected chi connectivity index (χ1v) is 12.6. The van der Waals surface area contributed by atoms with E-state index in [9.17, 15) is 23.3 Å². The quantitative estimate of drug-likeness (QED) is 0.405. The van der Waals surface area contributed by atoms with Crippen LogP contribution in [0.4, 0.5) is 5.69 Å². The molecule has 0 spiro atoms. The van der Waals surface area contributed by atoms with Gasteiger partial charge >= 0.3 is 0 Å². The molecule has 1 N–H and O–H groups in total. The molecule has 0 saturated carbocycles. The van der Waals surface area contributed by atoms with Crippen LogP contribution < -0.4 is 5.32 Å². The summed E-state index contributed by atoms with van der Waals surface area (Å²) in [4.78, 5) is 27.6. The fourth-order valence-electron chi connectivity index (χ4n) is 4.39. The van der Waals surface area contributed by atoms with Crippen molar-refractivity contribution in [2.24, 2.45) is 5.92 Å². The molecule has 0 bridgehead atoms. The SMILES string of the molecule is Cc1ccc([N+](=O)[O-])cc1S(=O)(=O)N1CCC(C(=O)NCCn2c(C)nc3ccccc32)CC1. The van der Waals surface area contributed by atoms with Gasteiger partial charge in [-0.1, -0.05) is 18.2 Å². The lowest BCUT2D eigenvalue weighted by Crippen LogP contribution is -2.43. The normalized spacial score (nSPS) is 15.5. The van der Waals surface area contributed by atoms with E-state index in [1.165, 1.54) is 16.4 Å². The number of nitrogens with one attached hydrogen (secondary N) is 1. The van der Waals surface area contributed by atoms with E-state index in [2.05, 4.69) is 14.9 Å². The summed E-state index contributed by atoms with van der Waals surface area (Å²) in [6, 6.07) is 11.7. The molecule has 1 aliphatic rings. The number of aromatic nitrogens is 2. The highest BCUT2D eigenvalue weighted by Gasteiger charge is 2.33. The third-order valence-corrected chi connectivity index (χ3v) is 8.35. The molecule has 0 aliphatic carbocycles. The van der Waals surface area contributed by atoms with Crippen LogP contribution in [0.1, 0.15) is 24.2 Å². The van der Waals surface area contributed by atoms with Gasteiger partial charge in [0.1, 0.15) is 5.82 Å². The van der Waals surface area contributed by atoms with E-state index in [1.54, 1.807) is 6.92 Å². The van der Waals surface area contributed by atoms with Crippen molar-refractivity contribution in [1.82, 2.24) is 19.2 Å². The predicted molar refractivity (Wildman–Crippen MR) is 127 cm³/mol. The number of nitro groups is 1. The summed E-state index contributed by atoms with van der Waals surface area (Å²) < 4.78 is 29.6. The number of hydrogen-bond donors (Lipinski definition) is 1. The number of non-ortho nitro benzene ring substituents is 1. The number of carbonyl (C=O) groups excluding carboxylic acids is 1. The van der Waals surface area contributed by atoms with Gasteiger partial charge in [-0.25, -0.2) is 13.4 Å². The molecule has 1 saturated heterocycles. The lowest BCUT2D eigenvalue weighted by atomic mass is 9.97. The highest BCUT2D eigenvalue weighted by molar-refractivity contribution is 7.89. The molecule has 11 heteroatoms. The molecule has 0 unspecified atom stereocenters. The number of fused-ring (bicyclic) bond motifs is 1. The third kappa shape index (κ3) is 4.66. The van der Waals surface area contributed by atoms with E-state index in [0.29, 0.717) is 31.5 Å². The molecule has 0 atom stereocenters. The first kappa shape index (κ1) is 23.8. The minimum Gasteiger partial charge on any atom is -0.354 e. The van der Waals surface area contributed by atoms with Crippen molar-refractivity contribution in [1.29, 1.82) is 0 Å². The largest absolute Gasteiger partial charge is 0.354 e. The molecule has 10 nitrogen and oxygen atoms in total. The lowest BCUT2D eigenvalue weighted by Gasteiger charge is -2.31. The van der Waals surface area contributed by atoms with Gasteiger partial charge in [-0.15, -0.1) is 0 Å². The number of hydrogen-bond acceptors (Lipinski definition) is 6. The van der Waals surface area contributed by atoms with Gasteiger partial charge in [0, 0.05) is 44.2 Å². The maximum Gasteiger partial charge on any atom is 0.270 e. The fraction of sp³-hybridized carbons (Fsp3) is 0.391. The number of imidazole rings is 1. The summed E-state index contributed by atoms with van der Waals surface area (Å²) in [5, 5.41) is 14.0. The van der Waals surface area contributed by atoms with Crippen LogP contribution in [0, 0.1) is 29.9 Å². The summed E-state index contributed by atoms with van der Waals surface area (Å²) in [5.41, 5.74) is 2.12. The van der Waals surface area contributed by atoms with E-state index >= 15 is 0 Å². The Kier molecular flexibility index (Phi) is 6.67. The minimum atomic E-state index is -3.88. The van der Waals surface area contributed by atoms with Crippen LogP contribution in [0.25, 0.3) is 11.0 Å². The molecule has 34 heavy (non-hydrogen) atoms. The van der Waals surface area contributed by atoms with Crippen LogP contribution in [0.3, 0.4) is 0 Å². The van der Waals surface area contributed by atoms with Crippen molar-refractivity contribution in [2.45, 2.75) is 38.1 Å². The van der Waals surface area contributed by atoms with Crippen molar-refractivity contribution in [3.8, 4) is 0 Å². The Hall–Kier alpha value is -3.31. The Morgan fingerprint density at radius 3 is 2.59 bits per heavy atom. The van der Waals surface area contributed by atoms with Gasteiger partial charge in [-0.05, 0) is 44.4 Å². The number of rotatable bonds is 7. The number of aryl methyl sites for hydroxylation is 2. The Labute approximate surface area is 197 Å². The van der Waals surface area contributed by atoms with Gasteiger partial charge in [-0.3, -0.25) is 14.9 Å². The maximum absolute atomic E-state index is 13.1. The second-order valence-corrected chi connectivity index (χ2v) is 10.4. The molecule has 1 fully saturated rings. The number of para-hydroxylation sites is 2. The Bertz CT molecular complexity index is 1340. The van der Waals surface area contributed by atoms with E-state index in [-0.39, 0.29) is 35.5 Å². The van der Waals surface area contributed by atoms with Crippen LogP contribution in [-0.2, 0) is 21.4 Å². The molecule has 2 heterocycles. The van der Waals surface area contributed by atoms with Crippen molar-refractivity contribution in [2.75, 3.05) is 19.6 Å². The van der Waals surface area contributed by atoms with Crippen LogP contribution in [0.2, 0.25) is 0 Å². The average molecular weight is 486 g/mol. The maximum atomic E-state index is 13.1. The Morgan fingerprint density at radius 2 is 1.88 bits per heavy atom. The standard InChI is InChI=1S/C23H27N5O5S/c1-16-7-8-19(28(30)31)15-22(16)34(32,33)26-12-9-18(10-13-26)23(29)24-11-14-27-17(2)25-20-5-3-4-6-21(20)27/h3-8,15,18H,9-14H2,1-2H3,(H,24,29). The van der Waals surface area contributed by atoms with Crippen molar-refractivity contribution in [3.05, 3.63) is 64.0 Å². The van der Waals surface area contributed by atoms with Gasteiger partial charge in [-0.2, -0.15) is 4.31 Å². The van der Waals surface area contributed by atoms with E-state index in [0.717, 1.165) is 22.9 Å². The number of sulfonamides is 1. The molecule has 0 radical (unpaired) electrons. The first-order valence-electron chi connectivity index (χ1n) is 11.1. The van der Waals surface area contributed by atoms with Gasteiger partial charge in [0.2, 0.25) is 15.9 Å². The van der Waals surface area contributed by atoms with Gasteiger partial charge in [0.25, 0.3) is 5.69 Å². The van der Waals surface area contributed by atoms with Gasteiger partial charge in [0.05, 0.1) is 20.9 Å². The number of nitro benzene ring substituents is 1. The highest BCUT2D eigenvalue weighted by Crippen LogP contribution is 2.28. The molecule has 4 rings (SSSR count). The summed E-state index contributed by atoms with van der Waals surface area (Å²) >= 11 is 0. The summed E-state index contributed by atoms with van der Waals surface area (Å²) in [5.74, 6) is 0.509. The van der Waals surface area contributed by atoms with Crippen LogP contribution >= 0.6 is 0 Å². The molecular weight excluding hydrogens is 458 g/mol. The van der Waals surface area contributed by atoms with Gasteiger partial charge in [0.15, 0.2) is 0 Å². The molecular formula is C23H27N5O5S. The monoisotopic (exact) mass is 485 g/mol. The molecule has 1 amide bonds. The van der Waals surface area contributed by atoms with Crippen molar-refractivity contribution in [3.63, 3.8) is 0 Å². The van der Waals surface area contributed by atoms with E-state index < -0.39 is 14.9 Å². The van der Waals surface area contributed by atoms with Crippen LogP contribution in [0.5, 0.6) is 0 Å². The number of benzene rings is 2. The second kappa shape index (κ2) is 9.51. The summed E-state index contributed by atoms with van der Waals surface area (Å²) in [7, 11) is -3.88. The summed E-state index contributed by atoms with van der Waals surface area (Å²) in [6.45, 7) is 4.97. The Balaban J connectivity index is 1.34. The zero-order valence-corrected chi connectivity index (χ0v) is 19.9. The minimum absolute atomic E-state index is 0.0625. The number of nitrogens with zero attached hydrogens (tertiary/aromatic N) is 4. The average Bonchev–Trinajstić information content (AvgIpc) is 3.14. The number of piperidine rings is 1. The molecule has 3 aromatic rings. The summed E-state index contributed by atoms with van der Waals surface area (Å²) in [6.07, 6.45) is 0.790. The van der Waals surface area contributed by atoms with E-state index in [1.807, 2.05) is 31.2 Å². The third-order valence-electron chi connectivity index (χ3n) is 6.31. The smallest absolute Gasteiger partial charge is 0.270 e. The Morgan fingerprint density at radius 1 is 1.18 bits per heavy atom. The topological polar surface area (TPSA) is 127 Å². The molecule has 1 aliphatic heterocycles. The van der Waals surface area contributed by atoms with Crippen molar-refractivity contribution < 1.29 is 18.1 Å². The lowest BCUT2D eigenvalue weighted by molar-refractivity contribution is -0.385. The number of carbonyl (C=O) groups is 1. The molecule has 180 valence electrons. The number of amides is 1. The highest BCUT2D eigenvalue weighted by atomic mass is 32.2. The fourth-order valence-corrected chi connectivity index (χ4v) is 6.11. The first-order chi connectivity index (χ1) is 16.2. The zero-order chi connectivity index (χ0) is 24.5. The van der Waals surface area contributed by atoms with Crippen molar-refractivity contribution >= 4 is 32.7 Å². The van der Waals surface area contributed by atoms with E-state index in [4.69, 9.17) is 0 Å².